The number of benzene rings is 2. The van der Waals surface area contributed by atoms with Gasteiger partial charge in [-0.1, -0.05) is 24.3 Å². The first-order chi connectivity index (χ1) is 12.7. The van der Waals surface area contributed by atoms with Gasteiger partial charge in [0.25, 0.3) is 0 Å². The van der Waals surface area contributed by atoms with Crippen molar-refractivity contribution in [3.8, 4) is 0 Å². The fourth-order valence-electron chi connectivity index (χ4n) is 4.89. The number of fused-ring (bicyclic) bond motifs is 3. The number of halogens is 2. The fourth-order valence-corrected chi connectivity index (χ4v) is 4.89. The van der Waals surface area contributed by atoms with Crippen LogP contribution in [0.5, 0.6) is 0 Å². The first-order valence-electron chi connectivity index (χ1n) is 9.84. The molecule has 2 aliphatic carbocycles. The highest BCUT2D eigenvalue weighted by atomic mass is 19.2. The van der Waals surface area contributed by atoms with Gasteiger partial charge in [-0.2, -0.15) is 0 Å². The van der Waals surface area contributed by atoms with Gasteiger partial charge in [-0.3, -0.25) is 0 Å². The number of allylic oxidation sites excluding steroid dienone is 1. The molecule has 26 heavy (non-hydrogen) atoms. The number of hydrogen-bond donors (Lipinski definition) is 0. The Morgan fingerprint density at radius 1 is 0.923 bits per heavy atom. The molecule has 0 saturated carbocycles. The highest BCUT2D eigenvalue weighted by Crippen LogP contribution is 2.39. The van der Waals surface area contributed by atoms with Gasteiger partial charge in [0.2, 0.25) is 0 Å². The Morgan fingerprint density at radius 3 is 2.38 bits per heavy atom. The Morgan fingerprint density at radius 2 is 1.65 bits per heavy atom. The molecule has 0 saturated heterocycles. The maximum Gasteiger partial charge on any atom is 0.159 e. The predicted molar refractivity (Wildman–Crippen MR) is 103 cm³/mol. The molecule has 0 N–H and O–H groups in total. The van der Waals surface area contributed by atoms with E-state index in [1.54, 1.807) is 17.2 Å². The molecule has 0 amide bonds. The van der Waals surface area contributed by atoms with Gasteiger partial charge in [0.1, 0.15) is 0 Å². The van der Waals surface area contributed by atoms with Gasteiger partial charge in [0.15, 0.2) is 11.6 Å². The molecule has 2 atom stereocenters. The minimum absolute atomic E-state index is 0.291. The fraction of sp³-hybridized carbons (Fsp3) is 0.417. The van der Waals surface area contributed by atoms with E-state index >= 15 is 0 Å². The zero-order valence-corrected chi connectivity index (χ0v) is 15.2. The molecular formula is C24H26F2. The molecular weight excluding hydrogens is 326 g/mol. The maximum atomic E-state index is 13.6. The van der Waals surface area contributed by atoms with Gasteiger partial charge in [0, 0.05) is 0 Å². The maximum absolute atomic E-state index is 13.6. The smallest absolute Gasteiger partial charge is 0.159 e. The lowest BCUT2D eigenvalue weighted by Crippen LogP contribution is -2.20. The van der Waals surface area contributed by atoms with Crippen molar-refractivity contribution < 1.29 is 8.78 Å². The van der Waals surface area contributed by atoms with Crippen LogP contribution >= 0.6 is 0 Å². The van der Waals surface area contributed by atoms with Crippen LogP contribution in [0, 0.1) is 17.6 Å². The van der Waals surface area contributed by atoms with Crippen LogP contribution in [0.2, 0.25) is 0 Å². The second kappa shape index (κ2) is 7.34. The minimum Gasteiger partial charge on any atom is -0.204 e. The van der Waals surface area contributed by atoms with Crippen molar-refractivity contribution in [3.05, 3.63) is 82.4 Å². The normalized spacial score (nSPS) is 21.8. The van der Waals surface area contributed by atoms with Crippen molar-refractivity contribution in [2.45, 2.75) is 57.3 Å². The van der Waals surface area contributed by atoms with Crippen molar-refractivity contribution >= 4 is 0 Å². The number of rotatable bonds is 4. The van der Waals surface area contributed by atoms with E-state index in [9.17, 15) is 8.78 Å². The minimum atomic E-state index is -0.759. The van der Waals surface area contributed by atoms with Crippen LogP contribution in [0.4, 0.5) is 8.78 Å². The Labute approximate surface area is 154 Å². The summed E-state index contributed by atoms with van der Waals surface area (Å²) in [6.07, 6.45) is 11.1. The van der Waals surface area contributed by atoms with Crippen LogP contribution in [0.25, 0.3) is 0 Å². The van der Waals surface area contributed by atoms with Crippen molar-refractivity contribution in [2.75, 3.05) is 0 Å². The Kier molecular flexibility index (Phi) is 4.93. The molecule has 0 radical (unpaired) electrons. The van der Waals surface area contributed by atoms with E-state index in [0.29, 0.717) is 5.92 Å². The summed E-state index contributed by atoms with van der Waals surface area (Å²) in [6, 6.07) is 9.00. The van der Waals surface area contributed by atoms with E-state index in [0.717, 1.165) is 37.2 Å². The third-order valence-corrected chi connectivity index (χ3v) is 6.34. The van der Waals surface area contributed by atoms with E-state index in [2.05, 4.69) is 18.7 Å². The molecule has 136 valence electrons. The molecule has 2 aliphatic rings. The van der Waals surface area contributed by atoms with Gasteiger partial charge in [-0.15, -0.1) is 6.58 Å². The standard InChI is InChI=1S/C24H26F2/c1-2-3-4-16-5-10-21-19(13-16)6-7-20-14-17(8-11-22(20)21)18-9-12-23(25)24(26)15-18/h2,6-7,9,12,15-17H,1,3-5,8,10-11,13-14H2/t16-,17-/m0/s1. The summed E-state index contributed by atoms with van der Waals surface area (Å²) in [4.78, 5) is 0. The van der Waals surface area contributed by atoms with E-state index in [1.165, 1.54) is 48.9 Å². The van der Waals surface area contributed by atoms with Crippen molar-refractivity contribution in [1.82, 2.24) is 0 Å². The molecule has 2 aromatic rings. The van der Waals surface area contributed by atoms with Crippen LogP contribution in [-0.2, 0) is 25.7 Å². The molecule has 4 rings (SSSR count). The Balaban J connectivity index is 1.54. The zero-order valence-electron chi connectivity index (χ0n) is 15.2. The van der Waals surface area contributed by atoms with Crippen LogP contribution in [0.1, 0.15) is 59.4 Å². The zero-order chi connectivity index (χ0) is 18.1. The summed E-state index contributed by atoms with van der Waals surface area (Å²) in [5.74, 6) is -0.411. The van der Waals surface area contributed by atoms with Crippen LogP contribution in [0.3, 0.4) is 0 Å². The largest absolute Gasteiger partial charge is 0.204 e. The van der Waals surface area contributed by atoms with Crippen molar-refractivity contribution in [3.63, 3.8) is 0 Å². The average Bonchev–Trinajstić information content (AvgIpc) is 2.67. The van der Waals surface area contributed by atoms with Gasteiger partial charge in [-0.05, 0) is 103 Å². The van der Waals surface area contributed by atoms with Gasteiger partial charge >= 0.3 is 0 Å². The summed E-state index contributed by atoms with van der Waals surface area (Å²) >= 11 is 0. The van der Waals surface area contributed by atoms with E-state index in [1.807, 2.05) is 6.08 Å². The molecule has 0 aromatic heterocycles. The third kappa shape index (κ3) is 3.34. The second-order valence-corrected chi connectivity index (χ2v) is 7.93. The van der Waals surface area contributed by atoms with Crippen LogP contribution in [0.15, 0.2) is 43.0 Å². The molecule has 0 fully saturated rings. The van der Waals surface area contributed by atoms with Crippen LogP contribution < -0.4 is 0 Å². The summed E-state index contributed by atoms with van der Waals surface area (Å²) in [6.45, 7) is 3.85. The van der Waals surface area contributed by atoms with Gasteiger partial charge in [0.05, 0.1) is 0 Å². The van der Waals surface area contributed by atoms with Crippen LogP contribution in [-0.4, -0.2) is 0 Å². The lowest BCUT2D eigenvalue weighted by Gasteiger charge is -2.32. The SMILES string of the molecule is C=CCC[C@H]1CCc2c(ccc3c2CC[C@H](c2ccc(F)c(F)c2)C3)C1. The lowest BCUT2D eigenvalue weighted by atomic mass is 9.73. The van der Waals surface area contributed by atoms with E-state index in [-0.39, 0.29) is 0 Å². The molecule has 2 heteroatoms. The first-order valence-corrected chi connectivity index (χ1v) is 9.84. The summed E-state index contributed by atoms with van der Waals surface area (Å²) in [5, 5.41) is 0. The van der Waals surface area contributed by atoms with E-state index < -0.39 is 11.6 Å². The second-order valence-electron chi connectivity index (χ2n) is 7.93. The van der Waals surface area contributed by atoms with Crippen molar-refractivity contribution in [1.29, 1.82) is 0 Å². The van der Waals surface area contributed by atoms with Gasteiger partial charge in [-0.25, -0.2) is 8.78 Å². The monoisotopic (exact) mass is 352 g/mol. The highest BCUT2D eigenvalue weighted by molar-refractivity contribution is 5.45. The summed E-state index contributed by atoms with van der Waals surface area (Å²) in [5.41, 5.74) is 7.01. The summed E-state index contributed by atoms with van der Waals surface area (Å²) in [7, 11) is 0. The topological polar surface area (TPSA) is 0 Å². The highest BCUT2D eigenvalue weighted by Gasteiger charge is 2.27. The molecule has 0 spiro atoms. The Hall–Kier alpha value is -1.96. The summed E-state index contributed by atoms with van der Waals surface area (Å²) < 4.78 is 26.8. The quantitative estimate of drug-likeness (QED) is 0.566. The van der Waals surface area contributed by atoms with Gasteiger partial charge < -0.3 is 0 Å². The Bertz CT molecular complexity index is 821. The molecule has 2 aromatic carbocycles. The molecule has 0 bridgehead atoms. The van der Waals surface area contributed by atoms with E-state index in [4.69, 9.17) is 0 Å². The lowest BCUT2D eigenvalue weighted by molar-refractivity contribution is 0.427. The molecule has 0 heterocycles. The third-order valence-electron chi connectivity index (χ3n) is 6.34. The first kappa shape index (κ1) is 17.5. The molecule has 0 nitrogen and oxygen atoms in total. The molecule has 0 unspecified atom stereocenters. The predicted octanol–water partition coefficient (Wildman–Crippen LogP) is 6.31. The number of hydrogen-bond acceptors (Lipinski definition) is 0. The average molecular weight is 352 g/mol. The van der Waals surface area contributed by atoms with Crippen molar-refractivity contribution in [2.24, 2.45) is 5.92 Å². The molecule has 0 aliphatic heterocycles.